The van der Waals surface area contributed by atoms with Gasteiger partial charge in [0.15, 0.2) is 0 Å². The summed E-state index contributed by atoms with van der Waals surface area (Å²) in [5.41, 5.74) is 0.688. The Kier molecular flexibility index (Phi) is 4.67. The highest BCUT2D eigenvalue weighted by Gasteiger charge is 2.38. The molecule has 4 nitrogen and oxygen atoms in total. The van der Waals surface area contributed by atoms with Crippen LogP contribution in [0.5, 0.6) is 5.75 Å². The standard InChI is InChI=1S/C14H17IO4/c1-19-12-6-5-8(15)7-11(12)13(16)9-3-2-4-10(9)14(17)18/h5-7,9-10,13,16H,2-4H2,1H3,(H,17,18). The molecule has 5 heteroatoms. The van der Waals surface area contributed by atoms with E-state index >= 15 is 0 Å². The molecule has 1 aromatic carbocycles. The molecule has 1 fully saturated rings. The molecule has 19 heavy (non-hydrogen) atoms. The third-order valence-corrected chi connectivity index (χ3v) is 4.47. The summed E-state index contributed by atoms with van der Waals surface area (Å²) < 4.78 is 6.26. The second kappa shape index (κ2) is 6.09. The Hall–Kier alpha value is -0.820. The topological polar surface area (TPSA) is 66.8 Å². The molecule has 1 aliphatic carbocycles. The normalized spacial score (nSPS) is 24.2. The quantitative estimate of drug-likeness (QED) is 0.794. The third kappa shape index (κ3) is 3.02. The fourth-order valence-corrected chi connectivity index (χ4v) is 3.36. The van der Waals surface area contributed by atoms with E-state index < -0.39 is 18.0 Å². The molecular formula is C14H17IO4. The van der Waals surface area contributed by atoms with Gasteiger partial charge in [0.2, 0.25) is 0 Å². The number of aliphatic hydroxyl groups excluding tert-OH is 1. The van der Waals surface area contributed by atoms with Crippen molar-refractivity contribution in [3.63, 3.8) is 0 Å². The van der Waals surface area contributed by atoms with Gasteiger partial charge in [-0.2, -0.15) is 0 Å². The lowest BCUT2D eigenvalue weighted by atomic mass is 9.86. The van der Waals surface area contributed by atoms with Crippen molar-refractivity contribution in [1.82, 2.24) is 0 Å². The van der Waals surface area contributed by atoms with E-state index in [1.54, 1.807) is 7.11 Å². The van der Waals surface area contributed by atoms with E-state index in [0.717, 1.165) is 16.4 Å². The van der Waals surface area contributed by atoms with Crippen LogP contribution in [0.25, 0.3) is 0 Å². The largest absolute Gasteiger partial charge is 0.496 e. The molecular weight excluding hydrogens is 359 g/mol. The molecule has 0 radical (unpaired) electrons. The highest BCUT2D eigenvalue weighted by molar-refractivity contribution is 14.1. The van der Waals surface area contributed by atoms with Crippen LogP contribution in [0.2, 0.25) is 0 Å². The van der Waals surface area contributed by atoms with Gasteiger partial charge in [0.25, 0.3) is 0 Å². The van der Waals surface area contributed by atoms with Crippen LogP contribution >= 0.6 is 22.6 Å². The number of aliphatic hydroxyl groups is 1. The van der Waals surface area contributed by atoms with Gasteiger partial charge in [-0.15, -0.1) is 0 Å². The van der Waals surface area contributed by atoms with Crippen LogP contribution in [0.3, 0.4) is 0 Å². The Labute approximate surface area is 125 Å². The van der Waals surface area contributed by atoms with Gasteiger partial charge in [0.1, 0.15) is 5.75 Å². The number of aliphatic carboxylic acids is 1. The molecule has 2 N–H and O–H groups in total. The predicted octanol–water partition coefficient (Wildman–Crippen LogP) is 2.83. The number of ether oxygens (including phenoxy) is 1. The first-order chi connectivity index (χ1) is 9.04. The van der Waals surface area contributed by atoms with Crippen molar-refractivity contribution < 1.29 is 19.7 Å². The van der Waals surface area contributed by atoms with Crippen LogP contribution in [0.15, 0.2) is 18.2 Å². The first-order valence-electron chi connectivity index (χ1n) is 6.29. The first kappa shape index (κ1) is 14.6. The maximum atomic E-state index is 11.2. The van der Waals surface area contributed by atoms with E-state index in [1.165, 1.54) is 0 Å². The molecule has 0 aliphatic heterocycles. The zero-order valence-electron chi connectivity index (χ0n) is 10.7. The maximum Gasteiger partial charge on any atom is 0.306 e. The van der Waals surface area contributed by atoms with Crippen LogP contribution < -0.4 is 4.74 Å². The monoisotopic (exact) mass is 376 g/mol. The number of carboxylic acid groups (broad SMARTS) is 1. The summed E-state index contributed by atoms with van der Waals surface area (Å²) in [6, 6.07) is 5.57. The van der Waals surface area contributed by atoms with Gasteiger partial charge in [-0.1, -0.05) is 6.42 Å². The van der Waals surface area contributed by atoms with E-state index in [1.807, 2.05) is 18.2 Å². The summed E-state index contributed by atoms with van der Waals surface area (Å²) in [6.45, 7) is 0. The third-order valence-electron chi connectivity index (χ3n) is 3.80. The highest BCUT2D eigenvalue weighted by atomic mass is 127. The maximum absolute atomic E-state index is 11.2. The number of rotatable bonds is 4. The van der Waals surface area contributed by atoms with Crippen molar-refractivity contribution in [2.24, 2.45) is 11.8 Å². The number of carboxylic acids is 1. The molecule has 1 aliphatic rings. The lowest BCUT2D eigenvalue weighted by Crippen LogP contribution is -2.24. The number of carbonyl (C=O) groups is 1. The second-order valence-corrected chi connectivity index (χ2v) is 6.12. The predicted molar refractivity (Wildman–Crippen MR) is 79.1 cm³/mol. The Morgan fingerprint density at radius 3 is 2.84 bits per heavy atom. The van der Waals surface area contributed by atoms with Crippen molar-refractivity contribution in [3.05, 3.63) is 27.3 Å². The van der Waals surface area contributed by atoms with E-state index in [9.17, 15) is 15.0 Å². The Balaban J connectivity index is 2.30. The number of benzene rings is 1. The molecule has 0 heterocycles. The first-order valence-corrected chi connectivity index (χ1v) is 7.36. The average molecular weight is 376 g/mol. The van der Waals surface area contributed by atoms with Crippen molar-refractivity contribution in [2.45, 2.75) is 25.4 Å². The Morgan fingerprint density at radius 2 is 2.21 bits per heavy atom. The van der Waals surface area contributed by atoms with Gasteiger partial charge >= 0.3 is 5.97 Å². The summed E-state index contributed by atoms with van der Waals surface area (Å²) in [4.78, 5) is 11.2. The summed E-state index contributed by atoms with van der Waals surface area (Å²) in [6.07, 6.45) is 1.45. The number of hydrogen-bond donors (Lipinski definition) is 2. The zero-order valence-corrected chi connectivity index (χ0v) is 12.8. The fraction of sp³-hybridized carbons (Fsp3) is 0.500. The fourth-order valence-electron chi connectivity index (χ4n) is 2.84. The summed E-state index contributed by atoms with van der Waals surface area (Å²) in [5.74, 6) is -0.891. The van der Waals surface area contributed by atoms with Crippen LogP contribution in [0.4, 0.5) is 0 Å². The molecule has 2 rings (SSSR count). The van der Waals surface area contributed by atoms with Gasteiger partial charge in [0, 0.05) is 15.1 Å². The number of halogens is 1. The zero-order chi connectivity index (χ0) is 14.0. The van der Waals surface area contributed by atoms with E-state index in [-0.39, 0.29) is 5.92 Å². The van der Waals surface area contributed by atoms with Crippen LogP contribution in [0, 0.1) is 15.4 Å². The smallest absolute Gasteiger partial charge is 0.306 e. The molecule has 0 spiro atoms. The summed E-state index contributed by atoms with van der Waals surface area (Å²) >= 11 is 2.17. The van der Waals surface area contributed by atoms with Gasteiger partial charge < -0.3 is 14.9 Å². The van der Waals surface area contributed by atoms with Crippen molar-refractivity contribution >= 4 is 28.6 Å². The lowest BCUT2D eigenvalue weighted by Gasteiger charge is -2.24. The minimum absolute atomic E-state index is 0.232. The molecule has 3 atom stereocenters. The van der Waals surface area contributed by atoms with E-state index in [2.05, 4.69) is 22.6 Å². The van der Waals surface area contributed by atoms with Crippen LogP contribution in [0.1, 0.15) is 30.9 Å². The van der Waals surface area contributed by atoms with Crippen molar-refractivity contribution in [3.8, 4) is 5.75 Å². The molecule has 104 valence electrons. The average Bonchev–Trinajstić information content (AvgIpc) is 2.87. The highest BCUT2D eigenvalue weighted by Crippen LogP contribution is 2.43. The molecule has 0 saturated heterocycles. The van der Waals surface area contributed by atoms with Crippen molar-refractivity contribution in [1.29, 1.82) is 0 Å². The Morgan fingerprint density at radius 1 is 1.47 bits per heavy atom. The van der Waals surface area contributed by atoms with E-state index in [4.69, 9.17) is 4.74 Å². The van der Waals surface area contributed by atoms with Crippen LogP contribution in [-0.2, 0) is 4.79 Å². The Bertz CT molecular complexity index is 475. The minimum atomic E-state index is -0.814. The van der Waals surface area contributed by atoms with Crippen molar-refractivity contribution in [2.75, 3.05) is 7.11 Å². The van der Waals surface area contributed by atoms with Gasteiger partial charge in [-0.25, -0.2) is 0 Å². The van der Waals surface area contributed by atoms with Gasteiger partial charge in [-0.3, -0.25) is 4.79 Å². The molecule has 0 aromatic heterocycles. The summed E-state index contributed by atoms with van der Waals surface area (Å²) in [5, 5.41) is 19.7. The molecule has 1 saturated carbocycles. The van der Waals surface area contributed by atoms with E-state index in [0.29, 0.717) is 17.7 Å². The molecule has 3 unspecified atom stereocenters. The van der Waals surface area contributed by atoms with Gasteiger partial charge in [-0.05, 0) is 53.6 Å². The summed E-state index contributed by atoms with van der Waals surface area (Å²) in [7, 11) is 1.56. The minimum Gasteiger partial charge on any atom is -0.496 e. The molecule has 0 bridgehead atoms. The second-order valence-electron chi connectivity index (χ2n) is 4.87. The SMILES string of the molecule is COc1ccc(I)cc1C(O)C1CCCC1C(=O)O. The number of hydrogen-bond acceptors (Lipinski definition) is 3. The lowest BCUT2D eigenvalue weighted by molar-refractivity contribution is -0.144. The molecule has 0 amide bonds. The van der Waals surface area contributed by atoms with Gasteiger partial charge in [0.05, 0.1) is 19.1 Å². The molecule has 1 aromatic rings. The number of methoxy groups -OCH3 is 1. The van der Waals surface area contributed by atoms with Crippen LogP contribution in [-0.4, -0.2) is 23.3 Å².